The largest absolute Gasteiger partial charge is 3.00 e. The number of ketones is 2. The van der Waals surface area contributed by atoms with Gasteiger partial charge in [0.15, 0.2) is 11.5 Å². The van der Waals surface area contributed by atoms with Crippen LogP contribution in [-0.4, -0.2) is 53.3 Å². The van der Waals surface area contributed by atoms with Crippen molar-refractivity contribution in [3.8, 4) is 0 Å². The topological polar surface area (TPSA) is 295 Å². The van der Waals surface area contributed by atoms with Crippen LogP contribution in [0.2, 0.25) is 0 Å². The van der Waals surface area contributed by atoms with E-state index in [4.69, 9.17) is 60.5 Å². The summed E-state index contributed by atoms with van der Waals surface area (Å²) in [4.78, 5) is 48.5. The fourth-order valence-electron chi connectivity index (χ4n) is 3.24. The minimum absolute atomic E-state index is 0. The molecule has 0 fully saturated rings. The normalized spacial score (nSPS) is 13.3. The number of hydrogen-bond acceptors (Lipinski definition) is 16. The molecule has 2 aromatic rings. The number of nitrogens with zero attached hydrogens (tertiary/aromatic N) is 3. The Labute approximate surface area is 325 Å². The molecule has 51 heavy (non-hydrogen) atoms. The van der Waals surface area contributed by atoms with Crippen molar-refractivity contribution in [2.24, 2.45) is 0 Å². The molecular formula is C31H34CeN5O14. The zero-order valence-corrected chi connectivity index (χ0v) is 31.0. The Kier molecular flexibility index (Phi) is 28.6. The standard InChI is InChI=1S/2C15H15NO2.CH4O.Ce.3NO3/c2*1-11-6-8-13(9-7-11)16-10-12-4-3-5-14(18-2)15(12)17;1-2;;3*2-1(3)4/h2*3-10,16H,1-2H3;2H,1H3;;;;/q;;;+3;3*-1/b2*12-10-;;;;;. The fraction of sp³-hybridized carbons (Fsp3) is 0.161. The van der Waals surface area contributed by atoms with Crippen LogP contribution in [0, 0.1) is 102 Å². The van der Waals surface area contributed by atoms with Crippen LogP contribution in [-0.2, 0) is 19.1 Å². The average molecular weight is 841 g/mol. The maximum absolute atomic E-state index is 11.9. The molecule has 0 heterocycles. The molecule has 0 atom stereocenters. The van der Waals surface area contributed by atoms with Gasteiger partial charge in [-0.05, 0) is 62.4 Å². The van der Waals surface area contributed by atoms with Crippen LogP contribution >= 0.6 is 0 Å². The fourth-order valence-corrected chi connectivity index (χ4v) is 3.24. The number of methoxy groups -OCH3 is 2. The van der Waals surface area contributed by atoms with E-state index in [2.05, 4.69) is 10.6 Å². The summed E-state index contributed by atoms with van der Waals surface area (Å²) in [5.41, 5.74) is 5.45. The number of anilines is 2. The van der Waals surface area contributed by atoms with Crippen LogP contribution < -0.4 is 10.6 Å². The van der Waals surface area contributed by atoms with E-state index in [1.54, 1.807) is 48.9 Å². The Bertz CT molecular complexity index is 1460. The molecular weight excluding hydrogens is 806 g/mol. The van der Waals surface area contributed by atoms with Gasteiger partial charge in [0.1, 0.15) is 0 Å². The average Bonchev–Trinajstić information content (AvgIpc) is 3.06. The molecule has 0 bridgehead atoms. The van der Waals surface area contributed by atoms with E-state index in [0.29, 0.717) is 22.7 Å². The third kappa shape index (κ3) is 25.1. The van der Waals surface area contributed by atoms with Gasteiger partial charge in [-0.15, -0.1) is 0 Å². The summed E-state index contributed by atoms with van der Waals surface area (Å²) in [7, 11) is 3.99. The maximum Gasteiger partial charge on any atom is 3.00 e. The molecule has 0 aromatic heterocycles. The van der Waals surface area contributed by atoms with Crippen LogP contribution in [0.4, 0.5) is 11.4 Å². The summed E-state index contributed by atoms with van der Waals surface area (Å²) in [6, 6.07) is 15.9. The molecule has 0 saturated carbocycles. The van der Waals surface area contributed by atoms with Crippen molar-refractivity contribution in [3.63, 3.8) is 0 Å². The number of ether oxygens (including phenoxy) is 2. The first-order valence-electron chi connectivity index (χ1n) is 13.5. The molecule has 4 rings (SSSR count). The van der Waals surface area contributed by atoms with Crippen molar-refractivity contribution >= 4 is 22.9 Å². The molecule has 271 valence electrons. The number of nitrogens with one attached hydrogen (secondary N) is 2. The molecule has 0 saturated heterocycles. The SMILES string of the molecule is CO.COC1=CC=C/C(=C/Nc2ccc(C)cc2)C1=O.COC1=CC=C/C(=C/Nc2ccc(C)cc2)C1=O.O=[N+]([O-])[O-].O=[N+]([O-])[O-].O=[N+]([O-])[O-].[Ce+3]. The van der Waals surface area contributed by atoms with Crippen molar-refractivity contribution in [2.75, 3.05) is 32.0 Å². The van der Waals surface area contributed by atoms with E-state index in [1.165, 1.54) is 25.3 Å². The zero-order valence-electron chi connectivity index (χ0n) is 27.8. The van der Waals surface area contributed by atoms with Gasteiger partial charge in [-0.1, -0.05) is 47.5 Å². The van der Waals surface area contributed by atoms with Gasteiger partial charge in [-0.25, -0.2) is 0 Å². The van der Waals surface area contributed by atoms with Gasteiger partial charge < -0.3 is 71.2 Å². The number of aliphatic hydroxyl groups excluding tert-OH is 1. The van der Waals surface area contributed by atoms with Gasteiger partial charge in [0.25, 0.3) is 0 Å². The van der Waals surface area contributed by atoms with Gasteiger partial charge in [-0.3, -0.25) is 9.59 Å². The molecule has 0 spiro atoms. The van der Waals surface area contributed by atoms with E-state index >= 15 is 0 Å². The molecule has 0 aliphatic heterocycles. The molecule has 2 aliphatic rings. The first-order chi connectivity index (χ1) is 23.6. The summed E-state index contributed by atoms with van der Waals surface area (Å²) >= 11 is 0. The summed E-state index contributed by atoms with van der Waals surface area (Å²) in [6.07, 6.45) is 13.8. The third-order valence-corrected chi connectivity index (χ3v) is 5.35. The van der Waals surface area contributed by atoms with Crippen LogP contribution in [0.3, 0.4) is 0 Å². The summed E-state index contributed by atoms with van der Waals surface area (Å²) < 4.78 is 9.99. The first-order valence-corrected chi connectivity index (χ1v) is 13.5. The minimum Gasteiger partial charge on any atom is -0.493 e. The molecule has 1 radical (unpaired) electrons. The number of aliphatic hydroxyl groups is 1. The van der Waals surface area contributed by atoms with Crippen molar-refractivity contribution in [2.45, 2.75) is 13.8 Å². The zero-order chi connectivity index (χ0) is 38.6. The number of carbonyl (C=O) groups excluding carboxylic acids is 2. The second-order valence-corrected chi connectivity index (χ2v) is 8.74. The molecule has 19 nitrogen and oxygen atoms in total. The quantitative estimate of drug-likeness (QED) is 0.200. The molecule has 2 aromatic carbocycles. The Balaban J connectivity index is -0.000000654. The summed E-state index contributed by atoms with van der Waals surface area (Å²) in [6.45, 7) is 4.07. The van der Waals surface area contributed by atoms with E-state index in [-0.39, 0.29) is 53.3 Å². The van der Waals surface area contributed by atoms with Gasteiger partial charge in [0.2, 0.25) is 11.6 Å². The van der Waals surface area contributed by atoms with Gasteiger partial charge in [0, 0.05) is 42.0 Å². The number of carbonyl (C=O) groups is 2. The van der Waals surface area contributed by atoms with E-state index in [9.17, 15) is 9.59 Å². The summed E-state index contributed by atoms with van der Waals surface area (Å²) in [5.74, 6) is 0.489. The Morgan fingerprint density at radius 1 is 0.588 bits per heavy atom. The van der Waals surface area contributed by atoms with E-state index in [0.717, 1.165) is 18.5 Å². The van der Waals surface area contributed by atoms with Gasteiger partial charge >= 0.3 is 41.7 Å². The number of Topliss-reactive ketones (excluding diaryl/α,β-unsaturated/α-hetero) is 2. The van der Waals surface area contributed by atoms with Crippen molar-refractivity contribution in [1.82, 2.24) is 0 Å². The van der Waals surface area contributed by atoms with Gasteiger partial charge in [0.05, 0.1) is 29.5 Å². The minimum atomic E-state index is -1.75. The number of aryl methyl sites for hydroxylation is 2. The Morgan fingerprint density at radius 2 is 0.843 bits per heavy atom. The Hall–Kier alpha value is -5.64. The van der Waals surface area contributed by atoms with Crippen LogP contribution in [0.25, 0.3) is 0 Å². The number of allylic oxidation sites excluding steroid dienone is 8. The maximum atomic E-state index is 11.9. The van der Waals surface area contributed by atoms with Crippen molar-refractivity contribution in [3.05, 3.63) is 177 Å². The molecule has 20 heteroatoms. The number of benzene rings is 2. The Morgan fingerprint density at radius 3 is 1.08 bits per heavy atom. The number of hydrogen-bond donors (Lipinski definition) is 3. The second kappa shape index (κ2) is 29.3. The van der Waals surface area contributed by atoms with Crippen LogP contribution in [0.1, 0.15) is 11.1 Å². The predicted octanol–water partition coefficient (Wildman–Crippen LogP) is 4.81. The van der Waals surface area contributed by atoms with Gasteiger partial charge in [-0.2, -0.15) is 0 Å². The van der Waals surface area contributed by atoms with E-state index < -0.39 is 15.3 Å². The predicted molar refractivity (Wildman–Crippen MR) is 183 cm³/mol. The smallest absolute Gasteiger partial charge is 0.493 e. The summed E-state index contributed by atoms with van der Waals surface area (Å²) in [5, 5.41) is 57.4. The monoisotopic (exact) mass is 840 g/mol. The number of rotatable bonds is 6. The molecule has 0 unspecified atom stereocenters. The van der Waals surface area contributed by atoms with Crippen molar-refractivity contribution < 1.29 is 81.2 Å². The van der Waals surface area contributed by atoms with Crippen molar-refractivity contribution in [1.29, 1.82) is 0 Å². The first kappa shape index (κ1) is 49.7. The molecule has 2 aliphatic carbocycles. The van der Waals surface area contributed by atoms with E-state index in [1.807, 2.05) is 62.4 Å². The third-order valence-electron chi connectivity index (χ3n) is 5.35. The molecule has 3 N–H and O–H groups in total. The van der Waals surface area contributed by atoms with Crippen LogP contribution in [0.15, 0.2) is 120 Å². The second-order valence-electron chi connectivity index (χ2n) is 8.74. The van der Waals surface area contributed by atoms with Crippen LogP contribution in [0.5, 0.6) is 0 Å². The molecule has 0 amide bonds.